The molecule has 0 bridgehead atoms. The number of Topliss-reactive ketones (excluding diaryl/α,β-unsaturated/α-hetero) is 1. The third kappa shape index (κ3) is 6.69. The highest BCUT2D eigenvalue weighted by atomic mass is 16.1. The molecule has 0 aliphatic heterocycles. The van der Waals surface area contributed by atoms with Crippen LogP contribution in [0, 0.1) is 23.7 Å². The zero-order chi connectivity index (χ0) is 20.6. The summed E-state index contributed by atoms with van der Waals surface area (Å²) in [5.74, 6) is 3.49. The minimum Gasteiger partial charge on any atom is -0.299 e. The van der Waals surface area contributed by atoms with Gasteiger partial charge in [-0.25, -0.2) is 0 Å². The first kappa shape index (κ1) is 22.6. The van der Waals surface area contributed by atoms with Crippen molar-refractivity contribution in [2.75, 3.05) is 0 Å². The van der Waals surface area contributed by atoms with Gasteiger partial charge >= 0.3 is 0 Å². The summed E-state index contributed by atoms with van der Waals surface area (Å²) in [5, 5.41) is 0. The summed E-state index contributed by atoms with van der Waals surface area (Å²) in [5.41, 5.74) is 3.42. The molecule has 3 unspecified atom stereocenters. The molecular weight excluding hydrogens is 352 g/mol. The molecule has 29 heavy (non-hydrogen) atoms. The van der Waals surface area contributed by atoms with Crippen molar-refractivity contribution < 1.29 is 4.79 Å². The molecule has 0 amide bonds. The van der Waals surface area contributed by atoms with Gasteiger partial charge in [-0.05, 0) is 79.4 Å². The zero-order valence-corrected chi connectivity index (χ0v) is 18.9. The van der Waals surface area contributed by atoms with Crippen molar-refractivity contribution in [3.05, 3.63) is 36.5 Å². The van der Waals surface area contributed by atoms with Gasteiger partial charge in [0.2, 0.25) is 0 Å². The summed E-state index contributed by atoms with van der Waals surface area (Å²) in [6.45, 7) is 12.9. The van der Waals surface area contributed by atoms with Crippen LogP contribution in [0.4, 0.5) is 0 Å². The molecule has 0 aromatic carbocycles. The fourth-order valence-corrected chi connectivity index (χ4v) is 6.27. The summed E-state index contributed by atoms with van der Waals surface area (Å²) in [6, 6.07) is 0. The Morgan fingerprint density at radius 3 is 2.10 bits per heavy atom. The van der Waals surface area contributed by atoms with E-state index in [0.717, 1.165) is 67.4 Å². The van der Waals surface area contributed by atoms with Gasteiger partial charge < -0.3 is 0 Å². The first-order valence-corrected chi connectivity index (χ1v) is 12.6. The van der Waals surface area contributed by atoms with Gasteiger partial charge in [-0.3, -0.25) is 4.79 Å². The Morgan fingerprint density at radius 2 is 1.34 bits per heavy atom. The van der Waals surface area contributed by atoms with Gasteiger partial charge in [0.25, 0.3) is 0 Å². The molecule has 0 N–H and O–H groups in total. The van der Waals surface area contributed by atoms with Crippen LogP contribution in [0.3, 0.4) is 0 Å². The van der Waals surface area contributed by atoms with Crippen LogP contribution in [-0.4, -0.2) is 5.78 Å². The van der Waals surface area contributed by atoms with E-state index in [2.05, 4.69) is 19.7 Å². The average molecular weight is 397 g/mol. The molecule has 0 radical (unpaired) electrons. The quantitative estimate of drug-likeness (QED) is 0.268. The van der Waals surface area contributed by atoms with Gasteiger partial charge in [-0.15, -0.1) is 0 Å². The number of carbonyl (C=O) groups excluding carboxylic acids is 1. The first-order chi connectivity index (χ1) is 14.0. The molecule has 3 saturated carbocycles. The second-order valence-electron chi connectivity index (χ2n) is 10.4. The van der Waals surface area contributed by atoms with Crippen LogP contribution in [0.5, 0.6) is 0 Å². The van der Waals surface area contributed by atoms with Crippen LogP contribution >= 0.6 is 0 Å². The van der Waals surface area contributed by atoms with E-state index in [1.165, 1.54) is 76.2 Å². The van der Waals surface area contributed by atoms with Crippen molar-refractivity contribution in [3.63, 3.8) is 0 Å². The molecule has 0 saturated heterocycles. The maximum Gasteiger partial charge on any atom is 0.135 e. The second kappa shape index (κ2) is 11.3. The first-order valence-electron chi connectivity index (χ1n) is 12.6. The maximum absolute atomic E-state index is 12.7. The van der Waals surface area contributed by atoms with Gasteiger partial charge in [0.15, 0.2) is 0 Å². The normalized spacial score (nSPS) is 27.8. The van der Waals surface area contributed by atoms with E-state index in [9.17, 15) is 4.79 Å². The van der Waals surface area contributed by atoms with E-state index in [4.69, 9.17) is 0 Å². The van der Waals surface area contributed by atoms with E-state index in [1.807, 2.05) is 0 Å². The highest BCUT2D eigenvalue weighted by molar-refractivity contribution is 5.81. The fraction of sp³-hybridized carbons (Fsp3) is 0.750. The van der Waals surface area contributed by atoms with Crippen LogP contribution in [0.1, 0.15) is 109 Å². The number of allylic oxidation sites excluding steroid dienone is 3. The minimum absolute atomic E-state index is 0.364. The Bertz CT molecular complexity index is 591. The van der Waals surface area contributed by atoms with Crippen molar-refractivity contribution in [3.8, 4) is 0 Å². The molecule has 0 aromatic rings. The Kier molecular flexibility index (Phi) is 8.82. The summed E-state index contributed by atoms with van der Waals surface area (Å²) in [7, 11) is 0. The molecule has 3 aliphatic carbocycles. The van der Waals surface area contributed by atoms with E-state index < -0.39 is 0 Å². The Balaban J connectivity index is 1.31. The van der Waals surface area contributed by atoms with Gasteiger partial charge in [0, 0.05) is 12.3 Å². The number of hydrogen-bond donors (Lipinski definition) is 0. The van der Waals surface area contributed by atoms with Gasteiger partial charge in [0.1, 0.15) is 5.78 Å². The molecule has 0 heterocycles. The summed E-state index contributed by atoms with van der Waals surface area (Å²) in [4.78, 5) is 12.7. The Hall–Kier alpha value is -1.11. The lowest BCUT2D eigenvalue weighted by atomic mass is 9.66. The minimum atomic E-state index is 0.364. The number of fused-ring (bicyclic) bond motifs is 1. The van der Waals surface area contributed by atoms with E-state index in [0.29, 0.717) is 11.7 Å². The van der Waals surface area contributed by atoms with Crippen LogP contribution in [0.2, 0.25) is 0 Å². The second-order valence-corrected chi connectivity index (χ2v) is 10.4. The molecular formula is C28H44O. The van der Waals surface area contributed by atoms with Gasteiger partial charge in [0.05, 0.1) is 0 Å². The number of hydrogen-bond acceptors (Lipinski definition) is 1. The van der Waals surface area contributed by atoms with Gasteiger partial charge in [-0.2, -0.15) is 0 Å². The van der Waals surface area contributed by atoms with E-state index in [1.54, 1.807) is 0 Å². The van der Waals surface area contributed by atoms with Crippen LogP contribution in [0.15, 0.2) is 36.5 Å². The zero-order valence-electron chi connectivity index (χ0n) is 18.9. The number of carbonyl (C=O) groups is 1. The number of ketones is 1. The third-order valence-electron chi connectivity index (χ3n) is 8.26. The molecule has 0 spiro atoms. The number of rotatable bonds is 10. The topological polar surface area (TPSA) is 17.1 Å². The third-order valence-corrected chi connectivity index (χ3v) is 8.26. The Morgan fingerprint density at radius 1 is 0.690 bits per heavy atom. The number of unbranched alkanes of at least 4 members (excludes halogenated alkanes) is 1. The highest BCUT2D eigenvalue weighted by Gasteiger charge is 2.34. The van der Waals surface area contributed by atoms with Crippen molar-refractivity contribution in [2.24, 2.45) is 23.7 Å². The SMILES string of the molecule is C=C(CCCCC(=O)C1CCC2CCCCC2C1)C(=C)C(=C)CC1CCCCC1. The average Bonchev–Trinajstić information content (AvgIpc) is 2.76. The molecule has 3 rings (SSSR count). The smallest absolute Gasteiger partial charge is 0.135 e. The molecule has 3 aliphatic rings. The van der Waals surface area contributed by atoms with E-state index >= 15 is 0 Å². The predicted octanol–water partition coefficient (Wildman–Crippen LogP) is 8.36. The molecule has 3 fully saturated rings. The van der Waals surface area contributed by atoms with Crippen molar-refractivity contribution in [2.45, 2.75) is 109 Å². The maximum atomic E-state index is 12.7. The lowest BCUT2D eigenvalue weighted by Gasteiger charge is -2.38. The monoisotopic (exact) mass is 396 g/mol. The van der Waals surface area contributed by atoms with Crippen LogP contribution in [-0.2, 0) is 4.79 Å². The van der Waals surface area contributed by atoms with E-state index in [-0.39, 0.29) is 0 Å². The summed E-state index contributed by atoms with van der Waals surface area (Å²) in [6.07, 6.45) is 21.0. The molecule has 3 atom stereocenters. The lowest BCUT2D eigenvalue weighted by Crippen LogP contribution is -2.31. The van der Waals surface area contributed by atoms with Crippen LogP contribution in [0.25, 0.3) is 0 Å². The van der Waals surface area contributed by atoms with Crippen molar-refractivity contribution >= 4 is 5.78 Å². The summed E-state index contributed by atoms with van der Waals surface area (Å²) < 4.78 is 0. The van der Waals surface area contributed by atoms with Gasteiger partial charge in [-0.1, -0.05) is 77.5 Å². The molecule has 0 aromatic heterocycles. The highest BCUT2D eigenvalue weighted by Crippen LogP contribution is 2.43. The summed E-state index contributed by atoms with van der Waals surface area (Å²) >= 11 is 0. The van der Waals surface area contributed by atoms with Crippen molar-refractivity contribution in [1.82, 2.24) is 0 Å². The molecule has 1 nitrogen and oxygen atoms in total. The lowest BCUT2D eigenvalue weighted by molar-refractivity contribution is -0.125. The molecule has 1 heteroatoms. The van der Waals surface area contributed by atoms with Crippen molar-refractivity contribution in [1.29, 1.82) is 0 Å². The molecule has 162 valence electrons. The standard InChI is InChI=1S/C28H44O/c1-21(23(3)22(2)19-24-12-5-4-6-13-24)11-7-10-16-28(29)27-18-17-25-14-8-9-15-26(25)20-27/h24-27H,1-20H2. The largest absolute Gasteiger partial charge is 0.299 e. The van der Waals surface area contributed by atoms with Crippen LogP contribution < -0.4 is 0 Å². The Labute approximate surface area is 180 Å². The fourth-order valence-electron chi connectivity index (χ4n) is 6.27. The predicted molar refractivity (Wildman–Crippen MR) is 125 cm³/mol.